The largest absolute Gasteiger partial charge is 0.481 e. The zero-order chi connectivity index (χ0) is 16.3. The van der Waals surface area contributed by atoms with Gasteiger partial charge in [-0.2, -0.15) is 0 Å². The number of amides is 1. The van der Waals surface area contributed by atoms with Crippen LogP contribution in [0.2, 0.25) is 0 Å². The minimum Gasteiger partial charge on any atom is -0.481 e. The molecule has 0 spiro atoms. The topological polar surface area (TPSA) is 57.6 Å². The van der Waals surface area contributed by atoms with E-state index in [4.69, 9.17) is 5.11 Å². The summed E-state index contributed by atoms with van der Waals surface area (Å²) in [4.78, 5) is 25.2. The third-order valence-corrected chi connectivity index (χ3v) is 4.34. The molecule has 0 bridgehead atoms. The summed E-state index contributed by atoms with van der Waals surface area (Å²) in [6.45, 7) is 7.15. The van der Waals surface area contributed by atoms with E-state index in [1.54, 1.807) is 4.90 Å². The molecule has 120 valence electrons. The Labute approximate surface area is 132 Å². The molecule has 0 aromatic heterocycles. The SMILES string of the molecule is CC(C)Cc1ccc([C@H](C)C(=O)N2CCC(C(=O)O)C2)cc1. The molecule has 1 fully saturated rings. The molecule has 1 aromatic carbocycles. The third-order valence-electron chi connectivity index (χ3n) is 4.34. The van der Waals surface area contributed by atoms with Crippen LogP contribution in [-0.4, -0.2) is 35.0 Å². The van der Waals surface area contributed by atoms with Crippen molar-refractivity contribution in [2.75, 3.05) is 13.1 Å². The lowest BCUT2D eigenvalue weighted by atomic mass is 9.96. The highest BCUT2D eigenvalue weighted by atomic mass is 16.4. The summed E-state index contributed by atoms with van der Waals surface area (Å²) in [5.41, 5.74) is 2.28. The predicted molar refractivity (Wildman–Crippen MR) is 85.7 cm³/mol. The van der Waals surface area contributed by atoms with Crippen LogP contribution < -0.4 is 0 Å². The second-order valence-corrected chi connectivity index (χ2v) is 6.67. The van der Waals surface area contributed by atoms with Gasteiger partial charge in [-0.05, 0) is 36.8 Å². The summed E-state index contributed by atoms with van der Waals surface area (Å²) in [6, 6.07) is 8.21. The van der Waals surface area contributed by atoms with E-state index in [1.165, 1.54) is 5.56 Å². The molecule has 1 aromatic rings. The van der Waals surface area contributed by atoms with Crippen molar-refractivity contribution in [3.63, 3.8) is 0 Å². The van der Waals surface area contributed by atoms with Crippen LogP contribution in [0.4, 0.5) is 0 Å². The first kappa shape index (κ1) is 16.5. The summed E-state index contributed by atoms with van der Waals surface area (Å²) in [6.07, 6.45) is 1.59. The number of hydrogen-bond acceptors (Lipinski definition) is 2. The number of nitrogens with zero attached hydrogens (tertiary/aromatic N) is 1. The Morgan fingerprint density at radius 2 is 1.86 bits per heavy atom. The highest BCUT2D eigenvalue weighted by molar-refractivity contribution is 5.84. The fraction of sp³-hybridized carbons (Fsp3) is 0.556. The molecular weight excluding hydrogens is 278 g/mol. The van der Waals surface area contributed by atoms with Crippen LogP contribution in [0, 0.1) is 11.8 Å². The minimum absolute atomic E-state index is 0.0281. The van der Waals surface area contributed by atoms with Gasteiger partial charge in [-0.1, -0.05) is 38.1 Å². The van der Waals surface area contributed by atoms with Crippen LogP contribution in [0.3, 0.4) is 0 Å². The van der Waals surface area contributed by atoms with Gasteiger partial charge in [0.1, 0.15) is 0 Å². The van der Waals surface area contributed by atoms with E-state index in [9.17, 15) is 9.59 Å². The van der Waals surface area contributed by atoms with E-state index in [1.807, 2.05) is 19.1 Å². The number of benzene rings is 1. The van der Waals surface area contributed by atoms with Gasteiger partial charge in [-0.25, -0.2) is 0 Å². The quantitative estimate of drug-likeness (QED) is 0.910. The molecule has 2 atom stereocenters. The average Bonchev–Trinajstić information content (AvgIpc) is 2.96. The normalized spacial score (nSPS) is 19.5. The summed E-state index contributed by atoms with van der Waals surface area (Å²) >= 11 is 0. The molecule has 4 heteroatoms. The summed E-state index contributed by atoms with van der Waals surface area (Å²) in [5, 5.41) is 9.03. The Hall–Kier alpha value is -1.84. The van der Waals surface area contributed by atoms with Crippen LogP contribution in [0.25, 0.3) is 0 Å². The number of likely N-dealkylation sites (tertiary alicyclic amines) is 1. The van der Waals surface area contributed by atoms with Gasteiger partial charge in [-0.15, -0.1) is 0 Å². The van der Waals surface area contributed by atoms with E-state index >= 15 is 0 Å². The molecule has 1 heterocycles. The highest BCUT2D eigenvalue weighted by Gasteiger charge is 2.32. The lowest BCUT2D eigenvalue weighted by molar-refractivity contribution is -0.141. The third kappa shape index (κ3) is 3.87. The van der Waals surface area contributed by atoms with E-state index in [2.05, 4.69) is 26.0 Å². The number of rotatable bonds is 5. The van der Waals surface area contributed by atoms with Crippen LogP contribution in [-0.2, 0) is 16.0 Å². The Bertz CT molecular complexity index is 536. The number of carbonyl (C=O) groups excluding carboxylic acids is 1. The van der Waals surface area contributed by atoms with Gasteiger partial charge in [0.05, 0.1) is 11.8 Å². The highest BCUT2D eigenvalue weighted by Crippen LogP contribution is 2.24. The van der Waals surface area contributed by atoms with Crippen molar-refractivity contribution in [1.29, 1.82) is 0 Å². The fourth-order valence-corrected chi connectivity index (χ4v) is 2.99. The molecule has 0 radical (unpaired) electrons. The Morgan fingerprint density at radius 3 is 2.36 bits per heavy atom. The van der Waals surface area contributed by atoms with E-state index in [-0.39, 0.29) is 11.8 Å². The van der Waals surface area contributed by atoms with E-state index in [0.717, 1.165) is 12.0 Å². The van der Waals surface area contributed by atoms with Crippen LogP contribution in [0.5, 0.6) is 0 Å². The van der Waals surface area contributed by atoms with E-state index < -0.39 is 11.9 Å². The van der Waals surface area contributed by atoms with Gasteiger partial charge in [-0.3, -0.25) is 9.59 Å². The molecule has 1 amide bonds. The Kier molecular flexibility index (Phi) is 5.22. The number of aliphatic carboxylic acids is 1. The lowest BCUT2D eigenvalue weighted by Gasteiger charge is -2.21. The second kappa shape index (κ2) is 6.95. The molecule has 2 rings (SSSR count). The monoisotopic (exact) mass is 303 g/mol. The first-order valence-electron chi connectivity index (χ1n) is 7.99. The van der Waals surface area contributed by atoms with Crippen molar-refractivity contribution in [3.05, 3.63) is 35.4 Å². The molecule has 0 saturated carbocycles. The number of carboxylic acids is 1. The van der Waals surface area contributed by atoms with E-state index in [0.29, 0.717) is 25.4 Å². The van der Waals surface area contributed by atoms with Crippen LogP contribution >= 0.6 is 0 Å². The maximum atomic E-state index is 12.5. The maximum absolute atomic E-state index is 12.5. The molecule has 1 N–H and O–H groups in total. The minimum atomic E-state index is -0.805. The zero-order valence-electron chi connectivity index (χ0n) is 13.6. The van der Waals surface area contributed by atoms with Gasteiger partial charge in [0, 0.05) is 13.1 Å². The maximum Gasteiger partial charge on any atom is 0.308 e. The zero-order valence-corrected chi connectivity index (χ0v) is 13.6. The fourth-order valence-electron chi connectivity index (χ4n) is 2.99. The summed E-state index contributed by atoms with van der Waals surface area (Å²) in [5.74, 6) is -0.797. The number of hydrogen-bond donors (Lipinski definition) is 1. The van der Waals surface area contributed by atoms with Gasteiger partial charge >= 0.3 is 5.97 Å². The van der Waals surface area contributed by atoms with Gasteiger partial charge in [0.15, 0.2) is 0 Å². The molecule has 0 aliphatic carbocycles. The summed E-state index contributed by atoms with van der Waals surface area (Å²) in [7, 11) is 0. The number of carboxylic acid groups (broad SMARTS) is 1. The van der Waals surface area contributed by atoms with Crippen LogP contribution in [0.15, 0.2) is 24.3 Å². The molecule has 1 aliphatic rings. The standard InChI is InChI=1S/C18H25NO3/c1-12(2)10-14-4-6-15(7-5-14)13(3)17(20)19-9-8-16(11-19)18(21)22/h4-7,12-13,16H,8-11H2,1-3H3,(H,21,22)/t13-,16?/m0/s1. The average molecular weight is 303 g/mol. The second-order valence-electron chi connectivity index (χ2n) is 6.67. The van der Waals surface area contributed by atoms with Crippen molar-refractivity contribution >= 4 is 11.9 Å². The van der Waals surface area contributed by atoms with Crippen molar-refractivity contribution in [2.45, 2.75) is 39.5 Å². The van der Waals surface area contributed by atoms with Gasteiger partial charge in [0.2, 0.25) is 5.91 Å². The van der Waals surface area contributed by atoms with Crippen LogP contribution in [0.1, 0.15) is 44.2 Å². The molecular formula is C18H25NO3. The van der Waals surface area contributed by atoms with Crippen molar-refractivity contribution in [3.8, 4) is 0 Å². The lowest BCUT2D eigenvalue weighted by Crippen LogP contribution is -2.33. The van der Waals surface area contributed by atoms with Gasteiger partial charge in [0.25, 0.3) is 0 Å². The predicted octanol–water partition coefficient (Wildman–Crippen LogP) is 2.92. The number of carbonyl (C=O) groups is 2. The van der Waals surface area contributed by atoms with Gasteiger partial charge < -0.3 is 10.0 Å². The Morgan fingerprint density at radius 1 is 1.23 bits per heavy atom. The molecule has 1 saturated heterocycles. The van der Waals surface area contributed by atoms with Crippen molar-refractivity contribution in [2.24, 2.45) is 11.8 Å². The Balaban J connectivity index is 2.00. The van der Waals surface area contributed by atoms with Crippen molar-refractivity contribution in [1.82, 2.24) is 4.90 Å². The molecule has 22 heavy (non-hydrogen) atoms. The summed E-state index contributed by atoms with van der Waals surface area (Å²) < 4.78 is 0. The first-order valence-corrected chi connectivity index (χ1v) is 7.99. The smallest absolute Gasteiger partial charge is 0.308 e. The molecule has 4 nitrogen and oxygen atoms in total. The molecule has 1 aliphatic heterocycles. The first-order chi connectivity index (χ1) is 10.4. The van der Waals surface area contributed by atoms with Crippen molar-refractivity contribution < 1.29 is 14.7 Å². The molecule has 1 unspecified atom stereocenters.